The second kappa shape index (κ2) is 5.91. The highest BCUT2D eigenvalue weighted by molar-refractivity contribution is 5.98. The summed E-state index contributed by atoms with van der Waals surface area (Å²) in [5, 5.41) is 2.70. The van der Waals surface area contributed by atoms with Gasteiger partial charge in [0.2, 0.25) is 0 Å². The van der Waals surface area contributed by atoms with Gasteiger partial charge in [-0.05, 0) is 36.1 Å². The number of morpholine rings is 1. The number of benzene rings is 1. The summed E-state index contributed by atoms with van der Waals surface area (Å²) in [7, 11) is 1.65. The van der Waals surface area contributed by atoms with Crippen LogP contribution in [-0.2, 0) is 16.8 Å². The molecule has 2 aromatic rings. The molecule has 1 saturated heterocycles. The molecule has 24 heavy (non-hydrogen) atoms. The number of nitrogens with one attached hydrogen (secondary N) is 1. The standard InChI is InChI=1S/C19H21N3O2/c1-20-18(23)15-6-4-10-21-17(15)22-11-12-24-19(13-22)9-8-14-5-2-3-7-16(14)19/h2-7,10H,8-9,11-13H2,1H3,(H,20,23). The number of amides is 1. The van der Waals surface area contributed by atoms with Gasteiger partial charge in [-0.3, -0.25) is 4.79 Å². The lowest BCUT2D eigenvalue weighted by molar-refractivity contribution is -0.0594. The molecular formula is C19H21N3O2. The number of nitrogens with zero attached hydrogens (tertiary/aromatic N) is 2. The maximum atomic E-state index is 12.2. The van der Waals surface area contributed by atoms with Crippen molar-refractivity contribution in [1.29, 1.82) is 0 Å². The van der Waals surface area contributed by atoms with Gasteiger partial charge in [0, 0.05) is 19.8 Å². The lowest BCUT2D eigenvalue weighted by Crippen LogP contribution is -2.49. The third kappa shape index (κ3) is 2.36. The van der Waals surface area contributed by atoms with E-state index in [0.717, 1.165) is 31.7 Å². The zero-order valence-electron chi connectivity index (χ0n) is 13.8. The molecule has 1 amide bonds. The summed E-state index contributed by atoms with van der Waals surface area (Å²) in [6, 6.07) is 12.1. The van der Waals surface area contributed by atoms with Gasteiger partial charge in [-0.2, -0.15) is 0 Å². The summed E-state index contributed by atoms with van der Waals surface area (Å²) in [6.45, 7) is 2.11. The molecule has 1 aliphatic carbocycles. The average Bonchev–Trinajstić information content (AvgIpc) is 2.99. The molecule has 124 valence electrons. The first-order chi connectivity index (χ1) is 11.7. The molecule has 0 radical (unpaired) electrons. The number of rotatable bonds is 2. The molecule has 5 nitrogen and oxygen atoms in total. The molecule has 1 aromatic heterocycles. The van der Waals surface area contributed by atoms with Gasteiger partial charge in [-0.15, -0.1) is 0 Å². The van der Waals surface area contributed by atoms with Crippen molar-refractivity contribution in [3.63, 3.8) is 0 Å². The van der Waals surface area contributed by atoms with E-state index < -0.39 is 0 Å². The number of aryl methyl sites for hydroxylation is 1. The Bertz CT molecular complexity index is 773. The topological polar surface area (TPSA) is 54.5 Å². The number of aromatic nitrogens is 1. The molecule has 1 atom stereocenters. The number of pyridine rings is 1. The maximum Gasteiger partial charge on any atom is 0.254 e. The molecule has 1 aromatic carbocycles. The first kappa shape index (κ1) is 15.1. The Morgan fingerprint density at radius 1 is 1.29 bits per heavy atom. The van der Waals surface area contributed by atoms with Crippen LogP contribution in [0.4, 0.5) is 5.82 Å². The van der Waals surface area contributed by atoms with Crippen LogP contribution in [-0.4, -0.2) is 37.6 Å². The monoisotopic (exact) mass is 323 g/mol. The second-order valence-electron chi connectivity index (χ2n) is 6.38. The lowest BCUT2D eigenvalue weighted by Gasteiger charge is -2.42. The van der Waals surface area contributed by atoms with E-state index in [4.69, 9.17) is 4.74 Å². The van der Waals surface area contributed by atoms with Crippen LogP contribution >= 0.6 is 0 Å². The van der Waals surface area contributed by atoms with Crippen molar-refractivity contribution in [2.75, 3.05) is 31.6 Å². The molecular weight excluding hydrogens is 302 g/mol. The molecule has 1 fully saturated rings. The van der Waals surface area contributed by atoms with E-state index in [-0.39, 0.29) is 11.5 Å². The van der Waals surface area contributed by atoms with Gasteiger partial charge in [0.05, 0.1) is 18.7 Å². The van der Waals surface area contributed by atoms with E-state index >= 15 is 0 Å². The first-order valence-electron chi connectivity index (χ1n) is 8.38. The summed E-state index contributed by atoms with van der Waals surface area (Å²) in [6.07, 6.45) is 3.76. The van der Waals surface area contributed by atoms with Gasteiger partial charge in [0.25, 0.3) is 5.91 Å². The van der Waals surface area contributed by atoms with Gasteiger partial charge >= 0.3 is 0 Å². The summed E-state index contributed by atoms with van der Waals surface area (Å²) < 4.78 is 6.26. The second-order valence-corrected chi connectivity index (χ2v) is 6.38. The quantitative estimate of drug-likeness (QED) is 0.920. The summed E-state index contributed by atoms with van der Waals surface area (Å²) >= 11 is 0. The van der Waals surface area contributed by atoms with Crippen LogP contribution in [0, 0.1) is 0 Å². The Morgan fingerprint density at radius 3 is 3.04 bits per heavy atom. The van der Waals surface area contributed by atoms with Crippen LogP contribution < -0.4 is 10.2 Å². The average molecular weight is 323 g/mol. The van der Waals surface area contributed by atoms with Crippen LogP contribution in [0.1, 0.15) is 27.9 Å². The fourth-order valence-corrected chi connectivity index (χ4v) is 3.89. The molecule has 0 saturated carbocycles. The fraction of sp³-hybridized carbons (Fsp3) is 0.368. The predicted molar refractivity (Wildman–Crippen MR) is 92.2 cm³/mol. The lowest BCUT2D eigenvalue weighted by atomic mass is 9.93. The molecule has 1 spiro atoms. The third-order valence-electron chi connectivity index (χ3n) is 5.05. The Labute approximate surface area is 141 Å². The van der Waals surface area contributed by atoms with Gasteiger partial charge in [0.1, 0.15) is 11.4 Å². The predicted octanol–water partition coefficient (Wildman–Crippen LogP) is 2.12. The van der Waals surface area contributed by atoms with Crippen LogP contribution in [0.3, 0.4) is 0 Å². The van der Waals surface area contributed by atoms with Crippen molar-refractivity contribution >= 4 is 11.7 Å². The van der Waals surface area contributed by atoms with E-state index in [9.17, 15) is 4.79 Å². The first-order valence-corrected chi connectivity index (χ1v) is 8.38. The van der Waals surface area contributed by atoms with E-state index in [0.29, 0.717) is 12.2 Å². The van der Waals surface area contributed by atoms with Crippen LogP contribution in [0.15, 0.2) is 42.6 Å². The van der Waals surface area contributed by atoms with Gasteiger partial charge < -0.3 is 15.0 Å². The summed E-state index contributed by atoms with van der Waals surface area (Å²) in [4.78, 5) is 18.9. The largest absolute Gasteiger partial charge is 0.367 e. The minimum Gasteiger partial charge on any atom is -0.367 e. The van der Waals surface area contributed by atoms with Gasteiger partial charge in [-0.25, -0.2) is 4.98 Å². The number of fused-ring (bicyclic) bond motifs is 2. The van der Waals surface area contributed by atoms with Crippen LogP contribution in [0.25, 0.3) is 0 Å². The van der Waals surface area contributed by atoms with E-state index in [1.165, 1.54) is 11.1 Å². The van der Waals surface area contributed by atoms with Crippen molar-refractivity contribution in [3.8, 4) is 0 Å². The number of hydrogen-bond donors (Lipinski definition) is 1. The highest BCUT2D eigenvalue weighted by Gasteiger charge is 2.44. The summed E-state index contributed by atoms with van der Waals surface area (Å²) in [5.74, 6) is 0.634. The smallest absolute Gasteiger partial charge is 0.254 e. The molecule has 5 heteroatoms. The van der Waals surface area contributed by atoms with E-state index in [1.54, 1.807) is 19.3 Å². The molecule has 1 unspecified atom stereocenters. The van der Waals surface area contributed by atoms with E-state index in [1.807, 2.05) is 6.07 Å². The number of hydrogen-bond acceptors (Lipinski definition) is 4. The molecule has 2 heterocycles. The molecule has 1 N–H and O–H groups in total. The third-order valence-corrected chi connectivity index (χ3v) is 5.05. The Kier molecular flexibility index (Phi) is 3.73. The highest BCUT2D eigenvalue weighted by Crippen LogP contribution is 2.43. The summed E-state index contributed by atoms with van der Waals surface area (Å²) in [5.41, 5.74) is 2.98. The molecule has 2 aliphatic rings. The zero-order valence-corrected chi connectivity index (χ0v) is 13.8. The highest BCUT2D eigenvalue weighted by atomic mass is 16.5. The fourth-order valence-electron chi connectivity index (χ4n) is 3.89. The van der Waals surface area contributed by atoms with Crippen LogP contribution in [0.5, 0.6) is 0 Å². The maximum absolute atomic E-state index is 12.2. The minimum atomic E-state index is -0.285. The normalized spacial score (nSPS) is 22.5. The molecule has 4 rings (SSSR count). The SMILES string of the molecule is CNC(=O)c1cccnc1N1CCOC2(CCc3ccccc32)C1. The minimum absolute atomic E-state index is 0.106. The van der Waals surface area contributed by atoms with Crippen molar-refractivity contribution in [2.45, 2.75) is 18.4 Å². The van der Waals surface area contributed by atoms with Crippen LogP contribution in [0.2, 0.25) is 0 Å². The Hall–Kier alpha value is -2.40. The molecule has 0 bridgehead atoms. The van der Waals surface area contributed by atoms with Gasteiger partial charge in [0.15, 0.2) is 0 Å². The number of ether oxygens (including phenoxy) is 1. The number of anilines is 1. The Balaban J connectivity index is 1.69. The van der Waals surface area contributed by atoms with Crippen molar-refractivity contribution in [1.82, 2.24) is 10.3 Å². The van der Waals surface area contributed by atoms with Crippen molar-refractivity contribution < 1.29 is 9.53 Å². The molecule has 1 aliphatic heterocycles. The van der Waals surface area contributed by atoms with Gasteiger partial charge in [-0.1, -0.05) is 24.3 Å². The van der Waals surface area contributed by atoms with Crippen molar-refractivity contribution in [2.24, 2.45) is 0 Å². The zero-order chi connectivity index (χ0) is 16.6. The van der Waals surface area contributed by atoms with Crippen molar-refractivity contribution in [3.05, 3.63) is 59.3 Å². The number of carbonyl (C=O) groups is 1. The Morgan fingerprint density at radius 2 is 2.17 bits per heavy atom. The van der Waals surface area contributed by atoms with E-state index in [2.05, 4.69) is 39.5 Å². The number of carbonyl (C=O) groups excluding carboxylic acids is 1.